The topological polar surface area (TPSA) is 106 Å². The van der Waals surface area contributed by atoms with Crippen molar-refractivity contribution in [3.63, 3.8) is 0 Å². The summed E-state index contributed by atoms with van der Waals surface area (Å²) in [6, 6.07) is 2.17. The maximum absolute atomic E-state index is 11.5. The second kappa shape index (κ2) is 5.84. The molecular formula is C14H16N6O. The smallest absolute Gasteiger partial charge is 0.252 e. The number of pyridine rings is 1. The van der Waals surface area contributed by atoms with E-state index >= 15 is 0 Å². The highest BCUT2D eigenvalue weighted by Crippen LogP contribution is 2.19. The van der Waals surface area contributed by atoms with Crippen molar-refractivity contribution in [1.29, 1.82) is 0 Å². The van der Waals surface area contributed by atoms with Gasteiger partial charge < -0.3 is 16.4 Å². The average Bonchev–Trinajstić information content (AvgIpc) is 2.44. The van der Waals surface area contributed by atoms with E-state index in [1.807, 2.05) is 6.07 Å². The first-order chi connectivity index (χ1) is 10.2. The number of aromatic nitrogens is 3. The molecule has 1 fully saturated rings. The third-order valence-corrected chi connectivity index (χ3v) is 3.35. The van der Waals surface area contributed by atoms with Crippen molar-refractivity contribution in [2.75, 3.05) is 18.4 Å². The summed E-state index contributed by atoms with van der Waals surface area (Å²) in [4.78, 5) is 24.0. The third-order valence-electron chi connectivity index (χ3n) is 3.35. The van der Waals surface area contributed by atoms with E-state index in [0.29, 0.717) is 18.0 Å². The van der Waals surface area contributed by atoms with Gasteiger partial charge in [0.25, 0.3) is 5.91 Å². The number of amides is 1. The number of nitrogens with zero attached hydrogens (tertiary/aromatic N) is 3. The van der Waals surface area contributed by atoms with Gasteiger partial charge in [0.2, 0.25) is 0 Å². The van der Waals surface area contributed by atoms with Crippen LogP contribution in [-0.2, 0) is 6.42 Å². The highest BCUT2D eigenvalue weighted by atomic mass is 16.1. The van der Waals surface area contributed by atoms with Crippen LogP contribution in [0.2, 0.25) is 0 Å². The molecule has 1 aliphatic rings. The number of anilines is 1. The summed E-state index contributed by atoms with van der Waals surface area (Å²) in [7, 11) is 0. The number of carbonyl (C=O) groups excluding carboxylic acids is 1. The molecule has 3 heterocycles. The molecule has 108 valence electrons. The van der Waals surface area contributed by atoms with Crippen molar-refractivity contribution in [3.8, 4) is 0 Å². The second-order valence-corrected chi connectivity index (χ2v) is 4.96. The van der Waals surface area contributed by atoms with Crippen LogP contribution in [0.25, 0.3) is 0 Å². The van der Waals surface area contributed by atoms with E-state index in [4.69, 9.17) is 5.73 Å². The molecule has 1 amide bonds. The van der Waals surface area contributed by atoms with E-state index in [1.54, 1.807) is 18.6 Å². The molecule has 3 rings (SSSR count). The summed E-state index contributed by atoms with van der Waals surface area (Å²) >= 11 is 0. The Balaban J connectivity index is 1.84. The Labute approximate surface area is 122 Å². The Hall–Kier alpha value is -2.54. The van der Waals surface area contributed by atoms with Crippen molar-refractivity contribution in [1.82, 2.24) is 20.3 Å². The summed E-state index contributed by atoms with van der Waals surface area (Å²) in [5, 5.41) is 6.49. The molecule has 0 radical (unpaired) electrons. The minimum absolute atomic E-state index is 0.315. The lowest BCUT2D eigenvalue weighted by Crippen LogP contribution is -2.51. The van der Waals surface area contributed by atoms with Gasteiger partial charge in [0.15, 0.2) is 0 Å². The third kappa shape index (κ3) is 3.14. The molecule has 0 spiro atoms. The minimum atomic E-state index is -0.483. The zero-order chi connectivity index (χ0) is 14.7. The fourth-order valence-electron chi connectivity index (χ4n) is 2.13. The fraction of sp³-hybridized carbons (Fsp3) is 0.286. The highest BCUT2D eigenvalue weighted by molar-refractivity contribution is 5.98. The Morgan fingerprint density at radius 3 is 2.76 bits per heavy atom. The number of rotatable bonds is 5. The van der Waals surface area contributed by atoms with E-state index in [0.717, 1.165) is 30.2 Å². The summed E-state index contributed by atoms with van der Waals surface area (Å²) in [6.07, 6.45) is 7.05. The van der Waals surface area contributed by atoms with E-state index in [-0.39, 0.29) is 0 Å². The van der Waals surface area contributed by atoms with Crippen molar-refractivity contribution >= 4 is 11.6 Å². The standard InChI is InChI=1S/C14H16N6O/c15-14(21)12-8-19-9(3-10-5-16-1-2-18-10)4-13(12)20-11-6-17-7-11/h1-2,4-5,8,11,17H,3,6-7H2,(H2,15,21)(H,19,20). The van der Waals surface area contributed by atoms with Crippen LogP contribution in [-0.4, -0.2) is 40.0 Å². The van der Waals surface area contributed by atoms with E-state index in [9.17, 15) is 4.79 Å². The SMILES string of the molecule is NC(=O)c1cnc(Cc2cnccn2)cc1NC1CNC1. The number of primary amides is 1. The molecule has 0 atom stereocenters. The lowest BCUT2D eigenvalue weighted by molar-refractivity contribution is 0.100. The van der Waals surface area contributed by atoms with Crippen LogP contribution in [0.3, 0.4) is 0 Å². The summed E-state index contributed by atoms with van der Waals surface area (Å²) in [6.45, 7) is 1.75. The van der Waals surface area contributed by atoms with E-state index in [1.165, 1.54) is 6.20 Å². The minimum Gasteiger partial charge on any atom is -0.379 e. The van der Waals surface area contributed by atoms with Crippen LogP contribution < -0.4 is 16.4 Å². The number of hydrogen-bond donors (Lipinski definition) is 3. The molecule has 0 aliphatic carbocycles. The summed E-state index contributed by atoms with van der Waals surface area (Å²) < 4.78 is 0. The Morgan fingerprint density at radius 1 is 1.29 bits per heavy atom. The van der Waals surface area contributed by atoms with Crippen molar-refractivity contribution in [2.45, 2.75) is 12.5 Å². The van der Waals surface area contributed by atoms with Gasteiger partial charge in [-0.2, -0.15) is 0 Å². The molecule has 2 aromatic rings. The highest BCUT2D eigenvalue weighted by Gasteiger charge is 2.19. The van der Waals surface area contributed by atoms with Crippen LogP contribution in [0.1, 0.15) is 21.7 Å². The molecule has 0 aromatic carbocycles. The van der Waals surface area contributed by atoms with E-state index < -0.39 is 5.91 Å². The van der Waals surface area contributed by atoms with E-state index in [2.05, 4.69) is 25.6 Å². The van der Waals surface area contributed by atoms with Crippen LogP contribution in [0.4, 0.5) is 5.69 Å². The molecule has 0 bridgehead atoms. The van der Waals surface area contributed by atoms with Gasteiger partial charge in [-0.05, 0) is 6.07 Å². The van der Waals surface area contributed by atoms with Gasteiger partial charge in [0.05, 0.1) is 23.0 Å². The number of nitrogens with two attached hydrogens (primary N) is 1. The van der Waals surface area contributed by atoms with Gasteiger partial charge in [-0.25, -0.2) is 0 Å². The molecule has 7 heteroatoms. The van der Waals surface area contributed by atoms with Gasteiger partial charge in [-0.15, -0.1) is 0 Å². The Morgan fingerprint density at radius 2 is 2.14 bits per heavy atom. The number of carbonyl (C=O) groups is 1. The predicted octanol–water partition coefficient (Wildman–Crippen LogP) is -0.0550. The first-order valence-corrected chi connectivity index (χ1v) is 6.73. The van der Waals surface area contributed by atoms with Crippen molar-refractivity contribution in [3.05, 3.63) is 47.8 Å². The zero-order valence-electron chi connectivity index (χ0n) is 11.4. The lowest BCUT2D eigenvalue weighted by Gasteiger charge is -2.29. The Bertz CT molecular complexity index is 641. The van der Waals surface area contributed by atoms with Gasteiger partial charge in [-0.1, -0.05) is 0 Å². The molecule has 1 aliphatic heterocycles. The van der Waals surface area contributed by atoms with Crippen LogP contribution >= 0.6 is 0 Å². The first-order valence-electron chi connectivity index (χ1n) is 6.73. The molecule has 7 nitrogen and oxygen atoms in total. The van der Waals surface area contributed by atoms with Crippen molar-refractivity contribution < 1.29 is 4.79 Å². The summed E-state index contributed by atoms with van der Waals surface area (Å²) in [5.74, 6) is -0.483. The number of nitrogens with one attached hydrogen (secondary N) is 2. The van der Waals surface area contributed by atoms with Crippen molar-refractivity contribution in [2.24, 2.45) is 5.73 Å². The van der Waals surface area contributed by atoms with Gasteiger partial charge in [-0.3, -0.25) is 19.7 Å². The fourth-order valence-corrected chi connectivity index (χ4v) is 2.13. The monoisotopic (exact) mass is 284 g/mol. The van der Waals surface area contributed by atoms with Gasteiger partial charge in [0, 0.05) is 50.0 Å². The number of hydrogen-bond acceptors (Lipinski definition) is 6. The second-order valence-electron chi connectivity index (χ2n) is 4.96. The summed E-state index contributed by atoms with van der Waals surface area (Å²) in [5.41, 5.74) is 8.17. The van der Waals surface area contributed by atoms with Gasteiger partial charge >= 0.3 is 0 Å². The predicted molar refractivity (Wildman–Crippen MR) is 77.9 cm³/mol. The first kappa shape index (κ1) is 13.4. The molecule has 2 aromatic heterocycles. The molecule has 0 saturated carbocycles. The molecule has 4 N–H and O–H groups in total. The van der Waals surface area contributed by atoms with Crippen LogP contribution in [0.5, 0.6) is 0 Å². The lowest BCUT2D eigenvalue weighted by atomic mass is 10.1. The zero-order valence-corrected chi connectivity index (χ0v) is 11.4. The maximum Gasteiger partial charge on any atom is 0.252 e. The van der Waals surface area contributed by atoms with Crippen LogP contribution in [0, 0.1) is 0 Å². The molecule has 21 heavy (non-hydrogen) atoms. The van der Waals surface area contributed by atoms with Gasteiger partial charge in [0.1, 0.15) is 0 Å². The molecule has 1 saturated heterocycles. The molecular weight excluding hydrogens is 268 g/mol. The largest absolute Gasteiger partial charge is 0.379 e. The Kier molecular flexibility index (Phi) is 3.74. The normalized spacial score (nSPS) is 14.5. The molecule has 0 unspecified atom stereocenters. The maximum atomic E-state index is 11.5. The average molecular weight is 284 g/mol. The quantitative estimate of drug-likeness (QED) is 0.710. The van der Waals surface area contributed by atoms with Crippen LogP contribution in [0.15, 0.2) is 30.9 Å².